The van der Waals surface area contributed by atoms with E-state index in [2.05, 4.69) is 33.8 Å². The number of hydrogen-bond acceptors (Lipinski definition) is 7. The van der Waals surface area contributed by atoms with E-state index in [9.17, 15) is 22.8 Å². The number of halogens is 3. The third-order valence-corrected chi connectivity index (χ3v) is 10.3. The Morgan fingerprint density at radius 2 is 1.76 bits per heavy atom. The minimum atomic E-state index is -4.14. The molecule has 0 radical (unpaired) electrons. The topological polar surface area (TPSA) is 93.7 Å². The van der Waals surface area contributed by atoms with Crippen LogP contribution in [0.1, 0.15) is 83.0 Å². The molecular formula is C33H46F3N7O2S. The first-order valence-electron chi connectivity index (χ1n) is 16.6. The van der Waals surface area contributed by atoms with Crippen LogP contribution in [0.2, 0.25) is 0 Å². The number of carbonyl (C=O) groups is 2. The van der Waals surface area contributed by atoms with Gasteiger partial charge < -0.3 is 15.1 Å². The molecule has 6 rings (SSSR count). The second kappa shape index (κ2) is 14.3. The molecular weight excluding hydrogens is 615 g/mol. The van der Waals surface area contributed by atoms with Crippen molar-refractivity contribution in [2.24, 2.45) is 17.8 Å². The molecule has 1 saturated carbocycles. The average molecular weight is 662 g/mol. The van der Waals surface area contributed by atoms with Crippen LogP contribution in [0.5, 0.6) is 0 Å². The van der Waals surface area contributed by atoms with Crippen LogP contribution in [0, 0.1) is 17.8 Å². The smallest absolute Gasteiger partial charge is 0.370 e. The third kappa shape index (κ3) is 7.66. The van der Waals surface area contributed by atoms with Crippen molar-refractivity contribution in [3.63, 3.8) is 0 Å². The van der Waals surface area contributed by atoms with Crippen LogP contribution in [0.4, 0.5) is 35.4 Å². The molecule has 4 bridgehead atoms. The Labute approximate surface area is 274 Å². The summed E-state index contributed by atoms with van der Waals surface area (Å²) < 4.78 is 42.3. The molecule has 5 heterocycles. The Kier molecular flexibility index (Phi) is 10.6. The number of aromatic nitrogens is 2. The van der Waals surface area contributed by atoms with Gasteiger partial charge in [0.15, 0.2) is 0 Å². The van der Waals surface area contributed by atoms with E-state index >= 15 is 0 Å². The van der Waals surface area contributed by atoms with Gasteiger partial charge in [-0.15, -0.1) is 0 Å². The fourth-order valence-corrected chi connectivity index (χ4v) is 7.80. The molecule has 13 heteroatoms. The number of rotatable bonds is 3. The minimum absolute atomic E-state index is 0.0633. The molecule has 252 valence electrons. The number of nitrogens with one attached hydrogen (secondary N) is 2. The van der Waals surface area contributed by atoms with Crippen LogP contribution < -0.4 is 19.8 Å². The highest BCUT2D eigenvalue weighted by molar-refractivity contribution is 7.97. The van der Waals surface area contributed by atoms with Crippen LogP contribution in [-0.2, 0) is 0 Å². The predicted octanol–water partition coefficient (Wildman–Crippen LogP) is 7.36. The summed E-state index contributed by atoms with van der Waals surface area (Å²) in [6, 6.07) is 8.95. The minimum Gasteiger partial charge on any atom is -0.370 e. The van der Waals surface area contributed by atoms with Gasteiger partial charge in [0.2, 0.25) is 0 Å². The van der Waals surface area contributed by atoms with Crippen LogP contribution in [-0.4, -0.2) is 71.2 Å². The lowest BCUT2D eigenvalue weighted by molar-refractivity contribution is -0.184. The Morgan fingerprint density at radius 3 is 2.50 bits per heavy atom. The van der Waals surface area contributed by atoms with Gasteiger partial charge in [-0.3, -0.25) is 14.4 Å². The van der Waals surface area contributed by atoms with Gasteiger partial charge in [-0.05, 0) is 94.9 Å². The van der Waals surface area contributed by atoms with E-state index in [0.717, 1.165) is 50.1 Å². The summed E-state index contributed by atoms with van der Waals surface area (Å²) >= 11 is 1.15. The van der Waals surface area contributed by atoms with Crippen LogP contribution >= 0.6 is 11.9 Å². The summed E-state index contributed by atoms with van der Waals surface area (Å²) in [4.78, 5) is 42.3. The molecule has 0 aromatic carbocycles. The van der Waals surface area contributed by atoms with Crippen LogP contribution in [0.3, 0.4) is 0 Å². The third-order valence-electron chi connectivity index (χ3n) is 9.55. The average Bonchev–Trinajstić information content (AvgIpc) is 3.55. The summed E-state index contributed by atoms with van der Waals surface area (Å²) in [6.45, 7) is 11.3. The number of carbonyl (C=O) groups excluding carboxylic acids is 2. The lowest BCUT2D eigenvalue weighted by atomic mass is 9.81. The first-order valence-corrected chi connectivity index (χ1v) is 17.4. The van der Waals surface area contributed by atoms with Gasteiger partial charge in [-0.25, -0.2) is 14.8 Å². The Bertz CT molecular complexity index is 1380. The number of urea groups is 1. The SMILES string of the molecule is CC.CC1(C)CC2CCCNc3cccc(n3)SNC(=O)c3ccc(N4CCN(CC5CCC(C(F)(F)F)CC5)C4=O)nc3N1C2. The van der Waals surface area contributed by atoms with Crippen molar-refractivity contribution in [1.29, 1.82) is 0 Å². The van der Waals surface area contributed by atoms with E-state index in [0.29, 0.717) is 60.6 Å². The van der Waals surface area contributed by atoms with Crippen molar-refractivity contribution in [1.82, 2.24) is 19.6 Å². The van der Waals surface area contributed by atoms with E-state index in [1.54, 1.807) is 21.9 Å². The largest absolute Gasteiger partial charge is 0.391 e. The molecule has 9 nitrogen and oxygen atoms in total. The Balaban J connectivity index is 0.00000204. The van der Waals surface area contributed by atoms with E-state index < -0.39 is 12.1 Å². The van der Waals surface area contributed by atoms with Crippen molar-refractivity contribution in [3.05, 3.63) is 35.9 Å². The molecule has 46 heavy (non-hydrogen) atoms. The summed E-state index contributed by atoms with van der Waals surface area (Å²) in [5.74, 6) is 0.769. The number of fused-ring (bicyclic) bond motifs is 6. The summed E-state index contributed by atoms with van der Waals surface area (Å²) in [5, 5.41) is 4.06. The molecule has 1 aliphatic carbocycles. The van der Waals surface area contributed by atoms with Crippen molar-refractivity contribution in [3.8, 4) is 0 Å². The molecule has 0 spiro atoms. The quantitative estimate of drug-likeness (QED) is 0.332. The van der Waals surface area contributed by atoms with Crippen molar-refractivity contribution in [2.45, 2.75) is 89.4 Å². The maximum absolute atomic E-state index is 13.6. The lowest BCUT2D eigenvalue weighted by Crippen LogP contribution is -2.41. The highest BCUT2D eigenvalue weighted by Gasteiger charge is 2.43. The van der Waals surface area contributed by atoms with Gasteiger partial charge in [0.1, 0.15) is 22.5 Å². The van der Waals surface area contributed by atoms with E-state index in [1.165, 1.54) is 0 Å². The molecule has 3 amide bonds. The molecule has 3 fully saturated rings. The summed E-state index contributed by atoms with van der Waals surface area (Å²) in [7, 11) is 0. The van der Waals surface area contributed by atoms with Gasteiger partial charge in [-0.2, -0.15) is 13.2 Å². The Hall–Kier alpha value is -3.22. The zero-order valence-electron chi connectivity index (χ0n) is 27.2. The van der Waals surface area contributed by atoms with Gasteiger partial charge >= 0.3 is 12.2 Å². The first kappa shape index (κ1) is 34.1. The number of anilines is 3. The van der Waals surface area contributed by atoms with Crippen molar-refractivity contribution >= 4 is 41.3 Å². The maximum atomic E-state index is 13.6. The van der Waals surface area contributed by atoms with Gasteiger partial charge in [0, 0.05) is 50.2 Å². The van der Waals surface area contributed by atoms with Crippen molar-refractivity contribution in [2.75, 3.05) is 47.8 Å². The second-order valence-corrected chi connectivity index (χ2v) is 14.0. The molecule has 1 atom stereocenters. The monoisotopic (exact) mass is 661 g/mol. The van der Waals surface area contributed by atoms with Crippen LogP contribution in [0.15, 0.2) is 35.4 Å². The number of alkyl halides is 3. The van der Waals surface area contributed by atoms with E-state index in [1.807, 2.05) is 32.0 Å². The number of nitrogens with zero attached hydrogens (tertiary/aromatic N) is 5. The maximum Gasteiger partial charge on any atom is 0.391 e. The zero-order valence-corrected chi connectivity index (χ0v) is 28.0. The van der Waals surface area contributed by atoms with E-state index in [-0.39, 0.29) is 36.2 Å². The standard InChI is InChI=1S/C31H40F3N7O2S.C2H6/c1-30(2)17-21-5-4-14-35-24-6-3-7-26(36-24)44-38-28(42)23-12-13-25(37-27(23)41(30)19-21)40-16-15-39(29(40)43)18-20-8-10-22(11-9-20)31(32,33)34;1-2/h3,6-7,12-13,20-22H,4-5,8-11,14-19H2,1-2H3,(H,35,36)(H,38,42);1-2H3. The van der Waals surface area contributed by atoms with Gasteiger partial charge in [0.25, 0.3) is 5.91 Å². The predicted molar refractivity (Wildman–Crippen MR) is 176 cm³/mol. The fourth-order valence-electron chi connectivity index (χ4n) is 7.20. The molecule has 2 N–H and O–H groups in total. The molecule has 2 aromatic rings. The highest BCUT2D eigenvalue weighted by atomic mass is 32.2. The van der Waals surface area contributed by atoms with E-state index in [4.69, 9.17) is 4.98 Å². The van der Waals surface area contributed by atoms with Crippen LogP contribution in [0.25, 0.3) is 0 Å². The number of pyridine rings is 2. The number of hydrogen-bond donors (Lipinski definition) is 2. The normalized spacial score (nSPS) is 25.0. The van der Waals surface area contributed by atoms with Crippen molar-refractivity contribution < 1.29 is 22.8 Å². The summed E-state index contributed by atoms with van der Waals surface area (Å²) in [5.41, 5.74) is 0.189. The second-order valence-electron chi connectivity index (χ2n) is 13.1. The Morgan fingerprint density at radius 1 is 1.00 bits per heavy atom. The summed E-state index contributed by atoms with van der Waals surface area (Å²) in [6.07, 6.45) is 0.00488. The molecule has 1 unspecified atom stereocenters. The number of amides is 3. The van der Waals surface area contributed by atoms with Gasteiger partial charge in [0.05, 0.1) is 11.5 Å². The van der Waals surface area contributed by atoms with Gasteiger partial charge in [-0.1, -0.05) is 19.9 Å². The molecule has 2 aromatic heterocycles. The molecule has 3 aliphatic heterocycles. The lowest BCUT2D eigenvalue weighted by Gasteiger charge is -2.34. The first-order chi connectivity index (χ1) is 22.0. The highest BCUT2D eigenvalue weighted by Crippen LogP contribution is 2.42. The molecule has 4 aliphatic rings. The fraction of sp³-hybridized carbons (Fsp3) is 0.636. The zero-order chi connectivity index (χ0) is 33.1. The molecule has 2 saturated heterocycles.